The van der Waals surface area contributed by atoms with E-state index in [-0.39, 0.29) is 30.7 Å². The van der Waals surface area contributed by atoms with Gasteiger partial charge in [-0.15, -0.1) is 0 Å². The van der Waals surface area contributed by atoms with Gasteiger partial charge in [-0.1, -0.05) is 12.1 Å². The lowest BCUT2D eigenvalue weighted by Gasteiger charge is -2.23. The number of hydrogen-bond donors (Lipinski definition) is 2. The summed E-state index contributed by atoms with van der Waals surface area (Å²) in [4.78, 5) is 24.5. The van der Waals surface area contributed by atoms with Crippen LogP contribution in [0.5, 0.6) is 17.2 Å². The number of rotatable bonds is 9. The van der Waals surface area contributed by atoms with Gasteiger partial charge in [0.15, 0.2) is 17.3 Å². The van der Waals surface area contributed by atoms with Crippen molar-refractivity contribution in [1.29, 1.82) is 0 Å². The quantitative estimate of drug-likeness (QED) is 0.611. The second-order valence-corrected chi connectivity index (χ2v) is 6.55. The lowest BCUT2D eigenvalue weighted by Crippen LogP contribution is -2.17. The minimum atomic E-state index is -0.905. The van der Waals surface area contributed by atoms with Crippen molar-refractivity contribution in [2.45, 2.75) is 45.8 Å². The molecule has 158 valence electrons. The van der Waals surface area contributed by atoms with E-state index in [9.17, 15) is 19.8 Å². The SMILES string of the molecule is CCOC(=O)C[C@H](c1cccc(OC)c1OC(C)C)c1oc(CO)cc(=O)c1O. The van der Waals surface area contributed by atoms with Gasteiger partial charge in [0.1, 0.15) is 12.4 Å². The molecule has 0 spiro atoms. The van der Waals surface area contributed by atoms with Crippen LogP contribution >= 0.6 is 0 Å². The van der Waals surface area contributed by atoms with E-state index >= 15 is 0 Å². The van der Waals surface area contributed by atoms with E-state index in [0.717, 1.165) is 6.07 Å². The van der Waals surface area contributed by atoms with Crippen molar-refractivity contribution in [2.24, 2.45) is 0 Å². The summed E-state index contributed by atoms with van der Waals surface area (Å²) >= 11 is 0. The molecule has 0 fully saturated rings. The van der Waals surface area contributed by atoms with Crippen LogP contribution in [-0.4, -0.2) is 36.0 Å². The van der Waals surface area contributed by atoms with Crippen LogP contribution in [0.15, 0.2) is 33.5 Å². The zero-order valence-electron chi connectivity index (χ0n) is 16.9. The molecule has 0 aliphatic rings. The summed E-state index contributed by atoms with van der Waals surface area (Å²) in [6, 6.07) is 6.08. The first kappa shape index (κ1) is 22.3. The average Bonchev–Trinajstić information content (AvgIpc) is 2.68. The Bertz CT molecular complexity index is 900. The number of methoxy groups -OCH3 is 1. The Morgan fingerprint density at radius 2 is 2.00 bits per heavy atom. The molecule has 0 aliphatic carbocycles. The molecule has 0 amide bonds. The van der Waals surface area contributed by atoms with E-state index in [1.807, 2.05) is 13.8 Å². The van der Waals surface area contributed by atoms with Gasteiger partial charge < -0.3 is 28.8 Å². The minimum absolute atomic E-state index is 0.0362. The van der Waals surface area contributed by atoms with Gasteiger partial charge in [0.25, 0.3) is 0 Å². The highest BCUT2D eigenvalue weighted by Gasteiger charge is 2.30. The molecule has 0 saturated heterocycles. The van der Waals surface area contributed by atoms with Crippen molar-refractivity contribution in [3.05, 3.63) is 51.6 Å². The minimum Gasteiger partial charge on any atom is -0.502 e. The van der Waals surface area contributed by atoms with Crippen molar-refractivity contribution in [2.75, 3.05) is 13.7 Å². The molecular formula is C21H26O8. The Balaban J connectivity index is 2.72. The largest absolute Gasteiger partial charge is 0.502 e. The lowest BCUT2D eigenvalue weighted by molar-refractivity contribution is -0.143. The molecule has 0 saturated carbocycles. The van der Waals surface area contributed by atoms with Gasteiger partial charge in [0.05, 0.1) is 32.2 Å². The van der Waals surface area contributed by atoms with Crippen LogP contribution in [0.25, 0.3) is 0 Å². The van der Waals surface area contributed by atoms with Crippen LogP contribution in [0.4, 0.5) is 0 Å². The number of aromatic hydroxyl groups is 1. The Morgan fingerprint density at radius 1 is 1.28 bits per heavy atom. The Kier molecular flexibility index (Phi) is 7.67. The molecule has 2 N–H and O–H groups in total. The van der Waals surface area contributed by atoms with Gasteiger partial charge in [-0.3, -0.25) is 9.59 Å². The first-order chi connectivity index (χ1) is 13.8. The van der Waals surface area contributed by atoms with Crippen LogP contribution in [0.1, 0.15) is 50.2 Å². The number of hydrogen-bond acceptors (Lipinski definition) is 8. The maximum Gasteiger partial charge on any atom is 0.306 e. The number of esters is 1. The predicted octanol–water partition coefficient (Wildman–Crippen LogP) is 2.72. The van der Waals surface area contributed by atoms with Gasteiger partial charge in [-0.25, -0.2) is 0 Å². The van der Waals surface area contributed by atoms with Crippen molar-refractivity contribution in [3.8, 4) is 17.2 Å². The fourth-order valence-corrected chi connectivity index (χ4v) is 2.93. The van der Waals surface area contributed by atoms with E-state index in [4.69, 9.17) is 18.6 Å². The fraction of sp³-hybridized carbons (Fsp3) is 0.429. The molecule has 1 heterocycles. The van der Waals surface area contributed by atoms with E-state index < -0.39 is 29.7 Å². The topological polar surface area (TPSA) is 115 Å². The Labute approximate surface area is 168 Å². The number of para-hydroxylation sites is 1. The number of benzene rings is 1. The molecule has 8 nitrogen and oxygen atoms in total. The van der Waals surface area contributed by atoms with Crippen molar-refractivity contribution in [1.82, 2.24) is 0 Å². The van der Waals surface area contributed by atoms with Gasteiger partial charge in [0.2, 0.25) is 11.2 Å². The molecule has 0 aliphatic heterocycles. The van der Waals surface area contributed by atoms with Crippen LogP contribution < -0.4 is 14.9 Å². The molecule has 0 bridgehead atoms. The fourth-order valence-electron chi connectivity index (χ4n) is 2.93. The number of carbonyl (C=O) groups is 1. The molecule has 2 rings (SSSR count). The summed E-state index contributed by atoms with van der Waals surface area (Å²) in [5, 5.41) is 19.8. The standard InChI is InChI=1S/C21H26O8/c1-5-27-18(24)10-15(21-19(25)16(23)9-13(11-22)29-21)14-7-6-8-17(26-4)20(14)28-12(2)3/h6-9,12,15,22,25H,5,10-11H2,1-4H3/t15-/m1/s1. The third-order valence-electron chi connectivity index (χ3n) is 4.11. The number of carbonyl (C=O) groups excluding carboxylic acids is 1. The van der Waals surface area contributed by atoms with Crippen molar-refractivity contribution >= 4 is 5.97 Å². The highest BCUT2D eigenvalue weighted by Crippen LogP contribution is 2.42. The number of aliphatic hydroxyl groups is 1. The van der Waals surface area contributed by atoms with Crippen LogP contribution in [0, 0.1) is 0 Å². The third kappa shape index (κ3) is 5.29. The first-order valence-electron chi connectivity index (χ1n) is 9.28. The summed E-state index contributed by atoms with van der Waals surface area (Å²) in [7, 11) is 1.48. The zero-order valence-corrected chi connectivity index (χ0v) is 16.9. The zero-order chi connectivity index (χ0) is 21.6. The molecular weight excluding hydrogens is 380 g/mol. The number of aliphatic hydroxyl groups excluding tert-OH is 1. The molecule has 1 aromatic heterocycles. The van der Waals surface area contributed by atoms with Gasteiger partial charge in [-0.05, 0) is 26.8 Å². The molecule has 0 radical (unpaired) electrons. The van der Waals surface area contributed by atoms with E-state index in [1.165, 1.54) is 7.11 Å². The summed E-state index contributed by atoms with van der Waals surface area (Å²) in [6.07, 6.45) is -0.432. The number of ether oxygens (including phenoxy) is 3. The Morgan fingerprint density at radius 3 is 2.59 bits per heavy atom. The smallest absolute Gasteiger partial charge is 0.306 e. The molecule has 1 aromatic carbocycles. The maximum absolute atomic E-state index is 12.3. The molecule has 1 atom stereocenters. The maximum atomic E-state index is 12.3. The monoisotopic (exact) mass is 406 g/mol. The third-order valence-corrected chi connectivity index (χ3v) is 4.11. The summed E-state index contributed by atoms with van der Waals surface area (Å²) in [5.74, 6) is -1.51. The predicted molar refractivity (Wildman–Crippen MR) is 104 cm³/mol. The van der Waals surface area contributed by atoms with Crippen LogP contribution in [0.3, 0.4) is 0 Å². The second-order valence-electron chi connectivity index (χ2n) is 6.55. The molecule has 2 aromatic rings. The molecule has 29 heavy (non-hydrogen) atoms. The van der Waals surface area contributed by atoms with Crippen molar-refractivity contribution in [3.63, 3.8) is 0 Å². The summed E-state index contributed by atoms with van der Waals surface area (Å²) in [6.45, 7) is 4.98. The van der Waals surface area contributed by atoms with E-state index in [0.29, 0.717) is 17.1 Å². The lowest BCUT2D eigenvalue weighted by atomic mass is 9.91. The van der Waals surface area contributed by atoms with Crippen molar-refractivity contribution < 1.29 is 33.6 Å². The second kappa shape index (κ2) is 9.97. The average molecular weight is 406 g/mol. The molecule has 8 heteroatoms. The van der Waals surface area contributed by atoms with Crippen LogP contribution in [-0.2, 0) is 16.1 Å². The van der Waals surface area contributed by atoms with Gasteiger partial charge in [0, 0.05) is 11.6 Å². The van der Waals surface area contributed by atoms with Gasteiger partial charge >= 0.3 is 5.97 Å². The summed E-state index contributed by atoms with van der Waals surface area (Å²) < 4.78 is 21.9. The Hall–Kier alpha value is -3.00. The van der Waals surface area contributed by atoms with E-state index in [1.54, 1.807) is 25.1 Å². The van der Waals surface area contributed by atoms with Crippen LogP contribution in [0.2, 0.25) is 0 Å². The summed E-state index contributed by atoms with van der Waals surface area (Å²) in [5.41, 5.74) is -0.252. The van der Waals surface area contributed by atoms with Gasteiger partial charge in [-0.2, -0.15) is 0 Å². The highest BCUT2D eigenvalue weighted by molar-refractivity contribution is 5.72. The van der Waals surface area contributed by atoms with E-state index in [2.05, 4.69) is 0 Å². The first-order valence-corrected chi connectivity index (χ1v) is 9.28. The molecule has 0 unspecified atom stereocenters. The highest BCUT2D eigenvalue weighted by atomic mass is 16.5. The normalized spacial score (nSPS) is 11.9.